The molecule has 0 radical (unpaired) electrons. The van der Waals surface area contributed by atoms with E-state index in [0.717, 1.165) is 35.5 Å². The summed E-state index contributed by atoms with van der Waals surface area (Å²) in [4.78, 5) is 25.9. The molecule has 0 spiro atoms. The first-order valence-electron chi connectivity index (χ1n) is 10.9. The van der Waals surface area contributed by atoms with Gasteiger partial charge in [0.25, 0.3) is 0 Å². The van der Waals surface area contributed by atoms with Crippen molar-refractivity contribution in [3.05, 3.63) is 30.1 Å². The zero-order valence-electron chi connectivity index (χ0n) is 18.5. The van der Waals surface area contributed by atoms with E-state index in [2.05, 4.69) is 16.8 Å². The summed E-state index contributed by atoms with van der Waals surface area (Å²) in [6.45, 7) is 4.61. The molecular weight excluding hydrogens is 394 g/mol. The van der Waals surface area contributed by atoms with Gasteiger partial charge in [-0.05, 0) is 37.5 Å². The molecular formula is C23H31N5O3. The van der Waals surface area contributed by atoms with Crippen molar-refractivity contribution in [3.63, 3.8) is 0 Å². The van der Waals surface area contributed by atoms with Gasteiger partial charge < -0.3 is 25.0 Å². The molecule has 0 bridgehead atoms. The largest absolute Gasteiger partial charge is 0.481 e. The van der Waals surface area contributed by atoms with Crippen molar-refractivity contribution in [2.45, 2.75) is 38.1 Å². The molecule has 2 N–H and O–H groups in total. The van der Waals surface area contributed by atoms with Crippen LogP contribution in [0.25, 0.3) is 11.1 Å². The van der Waals surface area contributed by atoms with Crippen LogP contribution < -0.4 is 15.4 Å². The fraction of sp³-hybridized carbons (Fsp3) is 0.522. The summed E-state index contributed by atoms with van der Waals surface area (Å²) in [6, 6.07) is 6.02. The van der Waals surface area contributed by atoms with Crippen LogP contribution in [0.15, 0.2) is 24.4 Å². The summed E-state index contributed by atoms with van der Waals surface area (Å²) in [5.74, 6) is 1.99. The minimum absolute atomic E-state index is 0.0906. The lowest BCUT2D eigenvalue weighted by Gasteiger charge is -2.41. The molecule has 1 atom stereocenters. The third-order valence-electron chi connectivity index (χ3n) is 6.05. The van der Waals surface area contributed by atoms with E-state index in [1.54, 1.807) is 20.4 Å². The molecule has 1 saturated carbocycles. The number of piperazine rings is 1. The maximum atomic E-state index is 12.5. The quantitative estimate of drug-likeness (QED) is 0.729. The van der Waals surface area contributed by atoms with Crippen molar-refractivity contribution in [1.82, 2.24) is 14.9 Å². The lowest BCUT2D eigenvalue weighted by molar-refractivity contribution is -0.134. The first-order valence-corrected chi connectivity index (χ1v) is 10.9. The predicted molar refractivity (Wildman–Crippen MR) is 120 cm³/mol. The Morgan fingerprint density at radius 1 is 1.26 bits per heavy atom. The van der Waals surface area contributed by atoms with Crippen LogP contribution in [-0.4, -0.2) is 67.3 Å². The average Bonchev–Trinajstić information content (AvgIpc) is 3.62. The first kappa shape index (κ1) is 21.4. The highest BCUT2D eigenvalue weighted by atomic mass is 16.5. The zero-order valence-corrected chi connectivity index (χ0v) is 18.5. The molecule has 2 fully saturated rings. The monoisotopic (exact) mass is 425 g/mol. The smallest absolute Gasteiger partial charge is 0.225 e. The molecule has 8 heteroatoms. The maximum absolute atomic E-state index is 12.5. The number of rotatable bonds is 7. The number of aromatic nitrogens is 2. The second kappa shape index (κ2) is 9.09. The van der Waals surface area contributed by atoms with Gasteiger partial charge in [0.1, 0.15) is 0 Å². The van der Waals surface area contributed by atoms with Gasteiger partial charge in [0, 0.05) is 56.5 Å². The van der Waals surface area contributed by atoms with Crippen LogP contribution in [0.1, 0.15) is 37.8 Å². The van der Waals surface area contributed by atoms with Crippen molar-refractivity contribution < 1.29 is 14.3 Å². The minimum atomic E-state index is 0.0906. The topological polar surface area (TPSA) is 93.8 Å². The molecule has 1 saturated heterocycles. The number of amides is 1. The maximum Gasteiger partial charge on any atom is 0.225 e. The molecule has 2 aromatic heterocycles. The summed E-state index contributed by atoms with van der Waals surface area (Å²) in [6.07, 6.45) is 4.45. The van der Waals surface area contributed by atoms with Crippen LogP contribution >= 0.6 is 0 Å². The third-order valence-corrected chi connectivity index (χ3v) is 6.05. The first-order chi connectivity index (χ1) is 15.0. The Bertz CT molecular complexity index is 947. The van der Waals surface area contributed by atoms with E-state index in [4.69, 9.17) is 20.2 Å². The molecule has 166 valence electrons. The number of nitrogen functional groups attached to an aromatic ring is 1. The molecule has 1 aliphatic carbocycles. The van der Waals surface area contributed by atoms with Gasteiger partial charge in [-0.3, -0.25) is 4.79 Å². The molecule has 3 heterocycles. The number of carbonyl (C=O) groups is 1. The normalized spacial score (nSPS) is 18.9. The summed E-state index contributed by atoms with van der Waals surface area (Å²) >= 11 is 0. The van der Waals surface area contributed by atoms with Gasteiger partial charge in [0.2, 0.25) is 11.8 Å². The Morgan fingerprint density at radius 2 is 2.06 bits per heavy atom. The van der Waals surface area contributed by atoms with Gasteiger partial charge in [0.05, 0.1) is 31.5 Å². The van der Waals surface area contributed by atoms with Gasteiger partial charge in [-0.2, -0.15) is 0 Å². The Morgan fingerprint density at radius 3 is 2.74 bits per heavy atom. The molecule has 1 unspecified atom stereocenters. The average molecular weight is 426 g/mol. The van der Waals surface area contributed by atoms with Gasteiger partial charge in [-0.25, -0.2) is 9.97 Å². The second-order valence-electron chi connectivity index (χ2n) is 8.32. The summed E-state index contributed by atoms with van der Waals surface area (Å²) < 4.78 is 10.3. The lowest BCUT2D eigenvalue weighted by Crippen LogP contribution is -2.54. The molecule has 4 rings (SSSR count). The number of nitrogens with two attached hydrogens (primary N) is 1. The molecule has 1 aliphatic heterocycles. The Balaban J connectivity index is 1.59. The molecule has 1 amide bonds. The molecule has 0 aromatic carbocycles. The van der Waals surface area contributed by atoms with Gasteiger partial charge in [0.15, 0.2) is 5.82 Å². The zero-order chi connectivity index (χ0) is 22.0. The SMILES string of the molecule is COCCC(=O)N1CCN(c2nc(C3CC3)c(-c3ccnc(OC)c3)cc2N)CC1C. The van der Waals surface area contributed by atoms with Gasteiger partial charge in [-0.15, -0.1) is 0 Å². The van der Waals surface area contributed by atoms with E-state index in [1.165, 1.54) is 0 Å². The Labute approximate surface area is 183 Å². The number of carbonyl (C=O) groups excluding carboxylic acids is 1. The molecule has 8 nitrogen and oxygen atoms in total. The van der Waals surface area contributed by atoms with E-state index in [-0.39, 0.29) is 11.9 Å². The Kier molecular flexibility index (Phi) is 6.27. The summed E-state index contributed by atoms with van der Waals surface area (Å²) in [5.41, 5.74) is 10.3. The number of hydrogen-bond acceptors (Lipinski definition) is 7. The number of anilines is 2. The highest BCUT2D eigenvalue weighted by molar-refractivity contribution is 5.78. The molecule has 2 aliphatic rings. The Hall–Kier alpha value is -2.87. The van der Waals surface area contributed by atoms with Crippen LogP contribution in [0.5, 0.6) is 5.88 Å². The van der Waals surface area contributed by atoms with Crippen LogP contribution in [0.3, 0.4) is 0 Å². The van der Waals surface area contributed by atoms with Crippen LogP contribution in [0.4, 0.5) is 11.5 Å². The highest BCUT2D eigenvalue weighted by Crippen LogP contribution is 2.45. The minimum Gasteiger partial charge on any atom is -0.481 e. The molecule has 31 heavy (non-hydrogen) atoms. The standard InChI is InChI=1S/C23H31N5O3/c1-15-14-27(9-10-28(15)21(29)7-11-30-2)23-19(24)13-18(22(26-23)16-4-5-16)17-6-8-25-20(12-17)31-3/h6,8,12-13,15-16H,4-5,7,9-11,14,24H2,1-3H3. The van der Waals surface area contributed by atoms with E-state index < -0.39 is 0 Å². The van der Waals surface area contributed by atoms with E-state index in [0.29, 0.717) is 50.1 Å². The second-order valence-corrected chi connectivity index (χ2v) is 8.32. The highest BCUT2D eigenvalue weighted by Gasteiger charge is 2.32. The third kappa shape index (κ3) is 4.58. The fourth-order valence-electron chi connectivity index (χ4n) is 4.23. The van der Waals surface area contributed by atoms with Crippen molar-refractivity contribution in [3.8, 4) is 17.0 Å². The predicted octanol–water partition coefficient (Wildman–Crippen LogP) is 2.69. The van der Waals surface area contributed by atoms with Crippen molar-refractivity contribution in [2.75, 3.05) is 51.1 Å². The van der Waals surface area contributed by atoms with E-state index in [1.807, 2.05) is 23.1 Å². The van der Waals surface area contributed by atoms with Crippen LogP contribution in [-0.2, 0) is 9.53 Å². The van der Waals surface area contributed by atoms with Gasteiger partial charge >= 0.3 is 0 Å². The number of pyridine rings is 2. The van der Waals surface area contributed by atoms with Crippen LogP contribution in [0, 0.1) is 0 Å². The van der Waals surface area contributed by atoms with Crippen molar-refractivity contribution >= 4 is 17.4 Å². The van der Waals surface area contributed by atoms with E-state index >= 15 is 0 Å². The molecule has 2 aromatic rings. The van der Waals surface area contributed by atoms with Crippen molar-refractivity contribution in [2.24, 2.45) is 0 Å². The number of ether oxygens (including phenoxy) is 2. The number of methoxy groups -OCH3 is 2. The lowest BCUT2D eigenvalue weighted by atomic mass is 10.0. The van der Waals surface area contributed by atoms with Gasteiger partial charge in [-0.1, -0.05) is 0 Å². The van der Waals surface area contributed by atoms with Crippen molar-refractivity contribution in [1.29, 1.82) is 0 Å². The number of nitrogens with zero attached hydrogens (tertiary/aromatic N) is 4. The fourth-order valence-corrected chi connectivity index (χ4v) is 4.23. The summed E-state index contributed by atoms with van der Waals surface area (Å²) in [7, 11) is 3.23. The van der Waals surface area contributed by atoms with Crippen LogP contribution in [0.2, 0.25) is 0 Å². The van der Waals surface area contributed by atoms with E-state index in [9.17, 15) is 4.79 Å². The summed E-state index contributed by atoms with van der Waals surface area (Å²) in [5, 5.41) is 0. The number of hydrogen-bond donors (Lipinski definition) is 1.